The van der Waals surface area contributed by atoms with E-state index in [-0.39, 0.29) is 11.4 Å². The molecule has 0 bridgehead atoms. The normalized spacial score (nSPS) is 11.2. The molecule has 134 valence electrons. The topological polar surface area (TPSA) is 63.7 Å². The van der Waals surface area contributed by atoms with Gasteiger partial charge in [-0.3, -0.25) is 9.10 Å². The average molecular weight is 380 g/mol. The number of nitrogens with zero attached hydrogens (tertiary/aromatic N) is 1. The van der Waals surface area contributed by atoms with Crippen molar-refractivity contribution in [1.82, 2.24) is 0 Å². The zero-order valence-corrected chi connectivity index (χ0v) is 16.3. The molecule has 0 aliphatic carbocycles. The zero-order valence-electron chi connectivity index (χ0n) is 14.6. The second-order valence-electron chi connectivity index (χ2n) is 5.55. The number of carbonyl (C=O) groups is 1. The van der Waals surface area contributed by atoms with Gasteiger partial charge in [-0.05, 0) is 61.6 Å². The van der Waals surface area contributed by atoms with Crippen LogP contribution in [-0.2, 0) is 19.6 Å². The van der Waals surface area contributed by atoms with Crippen LogP contribution in [-0.4, -0.2) is 34.3 Å². The lowest BCUT2D eigenvalue weighted by molar-refractivity contribution is -0.138. The highest BCUT2D eigenvalue weighted by Gasteiger charge is 2.28. The summed E-state index contributed by atoms with van der Waals surface area (Å²) < 4.78 is 32.1. The Morgan fingerprint density at radius 2 is 1.76 bits per heavy atom. The highest BCUT2D eigenvalue weighted by Crippen LogP contribution is 2.28. The molecule has 0 radical (unpaired) electrons. The van der Waals surface area contributed by atoms with Gasteiger partial charge in [0, 0.05) is 4.90 Å². The molecule has 0 amide bonds. The van der Waals surface area contributed by atoms with Gasteiger partial charge in [-0.2, -0.15) is 0 Å². The van der Waals surface area contributed by atoms with Gasteiger partial charge >= 0.3 is 5.97 Å². The number of rotatable bonds is 6. The van der Waals surface area contributed by atoms with E-state index in [0.717, 1.165) is 20.3 Å². The number of esters is 1. The van der Waals surface area contributed by atoms with Gasteiger partial charge in [-0.25, -0.2) is 8.42 Å². The number of anilines is 1. The maximum atomic E-state index is 13.2. The summed E-state index contributed by atoms with van der Waals surface area (Å²) in [5.41, 5.74) is 2.14. The molecule has 0 atom stereocenters. The van der Waals surface area contributed by atoms with Gasteiger partial charge in [0.1, 0.15) is 6.54 Å². The summed E-state index contributed by atoms with van der Waals surface area (Å²) in [4.78, 5) is 12.9. The Morgan fingerprint density at radius 1 is 1.12 bits per heavy atom. The van der Waals surface area contributed by atoms with Gasteiger partial charge in [0.2, 0.25) is 0 Å². The molecule has 0 fully saturated rings. The quantitative estimate of drug-likeness (QED) is 0.569. The van der Waals surface area contributed by atoms with Crippen LogP contribution in [0.25, 0.3) is 0 Å². The van der Waals surface area contributed by atoms with Gasteiger partial charge in [0.25, 0.3) is 10.0 Å². The fraction of sp³-hybridized carbons (Fsp3) is 0.278. The summed E-state index contributed by atoms with van der Waals surface area (Å²) in [7, 11) is -2.66. The molecule has 2 aromatic carbocycles. The molecule has 5 nitrogen and oxygen atoms in total. The largest absolute Gasteiger partial charge is 0.468 e. The molecule has 2 rings (SSSR count). The predicted octanol–water partition coefficient (Wildman–Crippen LogP) is 3.39. The summed E-state index contributed by atoms with van der Waals surface area (Å²) >= 11 is 1.53. The summed E-state index contributed by atoms with van der Waals surface area (Å²) in [6, 6.07) is 12.1. The fourth-order valence-corrected chi connectivity index (χ4v) is 4.22. The Labute approximate surface area is 153 Å². The minimum absolute atomic E-state index is 0.134. The lowest BCUT2D eigenvalue weighted by Crippen LogP contribution is -2.36. The van der Waals surface area contributed by atoms with E-state index in [9.17, 15) is 13.2 Å². The van der Waals surface area contributed by atoms with Gasteiger partial charge in [0.05, 0.1) is 17.7 Å². The number of hydrogen-bond acceptors (Lipinski definition) is 5. The van der Waals surface area contributed by atoms with Crippen molar-refractivity contribution in [2.24, 2.45) is 0 Å². The van der Waals surface area contributed by atoms with Crippen LogP contribution in [0.15, 0.2) is 52.3 Å². The van der Waals surface area contributed by atoms with Crippen molar-refractivity contribution in [3.63, 3.8) is 0 Å². The van der Waals surface area contributed by atoms with Crippen LogP contribution >= 0.6 is 11.8 Å². The van der Waals surface area contributed by atoms with Crippen molar-refractivity contribution in [2.45, 2.75) is 23.6 Å². The summed E-state index contributed by atoms with van der Waals surface area (Å²) in [5.74, 6) is -0.620. The number of thioether (sulfide) groups is 1. The smallest absolute Gasteiger partial charge is 0.326 e. The van der Waals surface area contributed by atoms with E-state index in [0.29, 0.717) is 5.69 Å². The van der Waals surface area contributed by atoms with E-state index in [1.165, 1.54) is 18.9 Å². The van der Waals surface area contributed by atoms with Crippen LogP contribution < -0.4 is 4.31 Å². The zero-order chi connectivity index (χ0) is 18.6. The monoisotopic (exact) mass is 379 g/mol. The van der Waals surface area contributed by atoms with E-state index in [2.05, 4.69) is 0 Å². The summed E-state index contributed by atoms with van der Waals surface area (Å²) in [5, 5.41) is 0. The average Bonchev–Trinajstić information content (AvgIpc) is 2.61. The number of hydrogen-bond donors (Lipinski definition) is 0. The summed E-state index contributed by atoms with van der Waals surface area (Å²) in [6.45, 7) is 3.30. The minimum Gasteiger partial charge on any atom is -0.468 e. The van der Waals surface area contributed by atoms with Gasteiger partial charge < -0.3 is 4.74 Å². The number of sulfonamides is 1. The Hall–Kier alpha value is -1.99. The molecule has 2 aromatic rings. The molecule has 0 saturated heterocycles. The van der Waals surface area contributed by atoms with Crippen molar-refractivity contribution in [3.05, 3.63) is 53.6 Å². The van der Waals surface area contributed by atoms with Crippen LogP contribution in [0.5, 0.6) is 0 Å². The van der Waals surface area contributed by atoms with Crippen molar-refractivity contribution in [2.75, 3.05) is 24.2 Å². The molecule has 0 aliphatic heterocycles. The molecular formula is C18H21NO4S2. The van der Waals surface area contributed by atoms with Crippen LogP contribution in [0, 0.1) is 13.8 Å². The van der Waals surface area contributed by atoms with Crippen LogP contribution in [0.2, 0.25) is 0 Å². The predicted molar refractivity (Wildman–Crippen MR) is 101 cm³/mol. The third-order valence-electron chi connectivity index (χ3n) is 3.78. The maximum Gasteiger partial charge on any atom is 0.326 e. The number of ether oxygens (including phenoxy) is 1. The highest BCUT2D eigenvalue weighted by atomic mass is 32.2. The second kappa shape index (κ2) is 7.93. The fourth-order valence-electron chi connectivity index (χ4n) is 2.34. The van der Waals surface area contributed by atoms with E-state index in [4.69, 9.17) is 4.74 Å². The standard InChI is InChI=1S/C18H21NO4S2/c1-13-5-6-14(2)17(11-13)19(12-18(20)23-3)25(21,22)16-9-7-15(24-4)8-10-16/h5-11H,12H2,1-4H3. The Balaban J connectivity index is 2.56. The van der Waals surface area contributed by atoms with Crippen molar-refractivity contribution in [3.8, 4) is 0 Å². The molecule has 25 heavy (non-hydrogen) atoms. The van der Waals surface area contributed by atoms with E-state index < -0.39 is 16.0 Å². The lowest BCUT2D eigenvalue weighted by atomic mass is 10.1. The van der Waals surface area contributed by atoms with Gasteiger partial charge in [-0.1, -0.05) is 12.1 Å². The molecule has 7 heteroatoms. The number of benzene rings is 2. The van der Waals surface area contributed by atoms with Crippen LogP contribution in [0.4, 0.5) is 5.69 Å². The first-order valence-corrected chi connectivity index (χ1v) is 10.3. The first kappa shape index (κ1) is 19.3. The first-order chi connectivity index (χ1) is 11.8. The molecule has 0 saturated carbocycles. The van der Waals surface area contributed by atoms with E-state index >= 15 is 0 Å². The molecule has 0 aliphatic rings. The minimum atomic E-state index is -3.90. The van der Waals surface area contributed by atoms with Gasteiger partial charge in [-0.15, -0.1) is 11.8 Å². The Bertz CT molecular complexity index is 861. The van der Waals surface area contributed by atoms with Crippen molar-refractivity contribution >= 4 is 33.4 Å². The highest BCUT2D eigenvalue weighted by molar-refractivity contribution is 7.98. The number of carbonyl (C=O) groups excluding carboxylic acids is 1. The lowest BCUT2D eigenvalue weighted by Gasteiger charge is -2.25. The van der Waals surface area contributed by atoms with Crippen molar-refractivity contribution < 1.29 is 17.9 Å². The number of aryl methyl sites for hydroxylation is 2. The Morgan fingerprint density at radius 3 is 2.32 bits per heavy atom. The van der Waals surface area contributed by atoms with Crippen LogP contribution in [0.1, 0.15) is 11.1 Å². The molecule has 0 spiro atoms. The van der Waals surface area contributed by atoms with Crippen molar-refractivity contribution in [1.29, 1.82) is 0 Å². The first-order valence-electron chi connectivity index (χ1n) is 7.60. The maximum absolute atomic E-state index is 13.2. The second-order valence-corrected chi connectivity index (χ2v) is 8.30. The van der Waals surface area contributed by atoms with Gasteiger partial charge in [0.15, 0.2) is 0 Å². The third-order valence-corrected chi connectivity index (χ3v) is 6.30. The molecule has 0 N–H and O–H groups in total. The third kappa shape index (κ3) is 4.35. The molecule has 0 heterocycles. The molecule has 0 aromatic heterocycles. The SMILES string of the molecule is COC(=O)CN(c1cc(C)ccc1C)S(=O)(=O)c1ccc(SC)cc1. The van der Waals surface area contributed by atoms with E-state index in [1.807, 2.05) is 32.2 Å². The molecular weight excluding hydrogens is 358 g/mol. The van der Waals surface area contributed by atoms with Crippen LogP contribution in [0.3, 0.4) is 0 Å². The number of methoxy groups -OCH3 is 1. The molecule has 0 unspecified atom stereocenters. The summed E-state index contributed by atoms with van der Waals surface area (Å²) in [6.07, 6.45) is 1.92. The Kier molecular flexibility index (Phi) is 6.13. The van der Waals surface area contributed by atoms with E-state index in [1.54, 1.807) is 30.3 Å².